The largest absolute Gasteiger partial charge is 0.497 e. The van der Waals surface area contributed by atoms with Crippen molar-refractivity contribution in [3.05, 3.63) is 29.8 Å². The maximum Gasteiger partial charge on any atom is 0.176 e. The van der Waals surface area contributed by atoms with Gasteiger partial charge in [-0.2, -0.15) is 0 Å². The van der Waals surface area contributed by atoms with Gasteiger partial charge in [-0.1, -0.05) is 6.92 Å². The quantitative estimate of drug-likeness (QED) is 0.717. The molecule has 1 unspecified atom stereocenters. The van der Waals surface area contributed by atoms with Crippen molar-refractivity contribution in [1.82, 2.24) is 4.90 Å². The van der Waals surface area contributed by atoms with Crippen LogP contribution in [0, 0.1) is 0 Å². The number of methoxy groups -OCH3 is 1. The number of carbonyl (C=O) groups excluding carboxylic acids is 1. The van der Waals surface area contributed by atoms with E-state index >= 15 is 0 Å². The molecule has 0 spiro atoms. The van der Waals surface area contributed by atoms with Crippen LogP contribution in [0.5, 0.6) is 5.75 Å². The van der Waals surface area contributed by atoms with Crippen LogP contribution in [-0.4, -0.2) is 50.1 Å². The number of likely N-dealkylation sites (N-methyl/N-ethyl adjacent to an activating group) is 1. The van der Waals surface area contributed by atoms with Crippen molar-refractivity contribution >= 4 is 5.78 Å². The summed E-state index contributed by atoms with van der Waals surface area (Å²) < 4.78 is 10.7. The summed E-state index contributed by atoms with van der Waals surface area (Å²) in [6, 6.07) is 7.29. The van der Waals surface area contributed by atoms with Gasteiger partial charge >= 0.3 is 0 Å². The lowest BCUT2D eigenvalue weighted by molar-refractivity contribution is 0.0686. The predicted molar refractivity (Wildman–Crippen MR) is 78.4 cm³/mol. The van der Waals surface area contributed by atoms with Crippen molar-refractivity contribution in [3.8, 4) is 5.75 Å². The normalized spacial score (nSPS) is 18.4. The second-order valence-electron chi connectivity index (χ2n) is 5.11. The number of nitrogens with zero attached hydrogens (tertiary/aromatic N) is 1. The highest BCUT2D eigenvalue weighted by Crippen LogP contribution is 2.15. The average Bonchev–Trinajstić information content (AvgIpc) is 2.99. The zero-order valence-electron chi connectivity index (χ0n) is 12.3. The molecule has 1 heterocycles. The van der Waals surface area contributed by atoms with Crippen LogP contribution in [0.4, 0.5) is 0 Å². The van der Waals surface area contributed by atoms with Crippen molar-refractivity contribution in [3.63, 3.8) is 0 Å². The fourth-order valence-electron chi connectivity index (χ4n) is 2.45. The minimum absolute atomic E-state index is 0.146. The number of carbonyl (C=O) groups is 1. The van der Waals surface area contributed by atoms with Crippen molar-refractivity contribution in [2.24, 2.45) is 0 Å². The Hall–Kier alpha value is -1.39. The molecule has 20 heavy (non-hydrogen) atoms. The minimum Gasteiger partial charge on any atom is -0.497 e. The lowest BCUT2D eigenvalue weighted by Crippen LogP contribution is -2.36. The molecular formula is C16H23NO3. The molecule has 0 aromatic heterocycles. The Morgan fingerprint density at radius 1 is 1.40 bits per heavy atom. The minimum atomic E-state index is 0.146. The molecule has 4 nitrogen and oxygen atoms in total. The molecule has 0 saturated carbocycles. The highest BCUT2D eigenvalue weighted by atomic mass is 16.5. The Morgan fingerprint density at radius 2 is 2.15 bits per heavy atom. The third-order valence-electron chi connectivity index (χ3n) is 3.71. The van der Waals surface area contributed by atoms with E-state index in [4.69, 9.17) is 9.47 Å². The molecular weight excluding hydrogens is 254 g/mol. The van der Waals surface area contributed by atoms with E-state index in [2.05, 4.69) is 11.8 Å². The Bertz CT molecular complexity index is 424. The molecule has 0 aliphatic carbocycles. The number of rotatable bonds is 7. The van der Waals surface area contributed by atoms with Crippen LogP contribution >= 0.6 is 0 Å². The van der Waals surface area contributed by atoms with Gasteiger partial charge in [-0.05, 0) is 43.7 Å². The van der Waals surface area contributed by atoms with Gasteiger partial charge in [0.1, 0.15) is 5.75 Å². The summed E-state index contributed by atoms with van der Waals surface area (Å²) in [4.78, 5) is 14.4. The summed E-state index contributed by atoms with van der Waals surface area (Å²) in [6.45, 7) is 5.09. The standard InChI is InChI=1S/C16H23NO3/c1-3-17(11-15-5-4-10-20-15)12-16(18)13-6-8-14(19-2)9-7-13/h6-9,15H,3-5,10-12H2,1-2H3. The zero-order chi connectivity index (χ0) is 14.4. The molecule has 0 N–H and O–H groups in total. The molecule has 1 aromatic rings. The molecule has 1 atom stereocenters. The molecule has 2 rings (SSSR count). The van der Waals surface area contributed by atoms with Crippen LogP contribution in [0.25, 0.3) is 0 Å². The molecule has 1 aliphatic heterocycles. The van der Waals surface area contributed by atoms with Crippen molar-refractivity contribution < 1.29 is 14.3 Å². The van der Waals surface area contributed by atoms with E-state index in [1.807, 2.05) is 24.3 Å². The lowest BCUT2D eigenvalue weighted by atomic mass is 10.1. The van der Waals surface area contributed by atoms with Crippen LogP contribution in [0.1, 0.15) is 30.1 Å². The maximum absolute atomic E-state index is 12.3. The Kier molecular flexibility index (Phi) is 5.56. The number of hydrogen-bond donors (Lipinski definition) is 0. The third-order valence-corrected chi connectivity index (χ3v) is 3.71. The number of Topliss-reactive ketones (excluding diaryl/α,β-unsaturated/α-hetero) is 1. The maximum atomic E-state index is 12.3. The number of benzene rings is 1. The van der Waals surface area contributed by atoms with Crippen LogP contribution in [-0.2, 0) is 4.74 Å². The van der Waals surface area contributed by atoms with Gasteiger partial charge in [-0.25, -0.2) is 0 Å². The first-order chi connectivity index (χ1) is 9.72. The molecule has 0 bridgehead atoms. The van der Waals surface area contributed by atoms with Crippen molar-refractivity contribution in [2.75, 3.05) is 33.4 Å². The van der Waals surface area contributed by atoms with Gasteiger partial charge in [0.05, 0.1) is 19.8 Å². The highest BCUT2D eigenvalue weighted by Gasteiger charge is 2.20. The summed E-state index contributed by atoms with van der Waals surface area (Å²) in [5.41, 5.74) is 0.733. The van der Waals surface area contributed by atoms with Gasteiger partial charge < -0.3 is 9.47 Å². The molecule has 1 aromatic carbocycles. The first-order valence-corrected chi connectivity index (χ1v) is 7.24. The molecule has 0 amide bonds. The predicted octanol–water partition coefficient (Wildman–Crippen LogP) is 2.38. The Morgan fingerprint density at radius 3 is 2.70 bits per heavy atom. The number of hydrogen-bond acceptors (Lipinski definition) is 4. The number of ether oxygens (including phenoxy) is 2. The fraction of sp³-hybridized carbons (Fsp3) is 0.562. The molecule has 1 aliphatic rings. The van der Waals surface area contributed by atoms with Gasteiger partial charge in [-0.3, -0.25) is 9.69 Å². The van der Waals surface area contributed by atoms with Gasteiger partial charge in [0.15, 0.2) is 5.78 Å². The van der Waals surface area contributed by atoms with E-state index in [1.54, 1.807) is 7.11 Å². The molecule has 0 radical (unpaired) electrons. The summed E-state index contributed by atoms with van der Waals surface area (Å²) in [5.74, 6) is 0.917. The van der Waals surface area contributed by atoms with Gasteiger partial charge in [0.2, 0.25) is 0 Å². The summed E-state index contributed by atoms with van der Waals surface area (Å²) >= 11 is 0. The smallest absolute Gasteiger partial charge is 0.176 e. The zero-order valence-corrected chi connectivity index (χ0v) is 12.3. The summed E-state index contributed by atoms with van der Waals surface area (Å²) in [5, 5.41) is 0. The van der Waals surface area contributed by atoms with E-state index in [9.17, 15) is 4.79 Å². The van der Waals surface area contributed by atoms with E-state index < -0.39 is 0 Å². The monoisotopic (exact) mass is 277 g/mol. The van der Waals surface area contributed by atoms with Gasteiger partial charge in [0, 0.05) is 18.7 Å². The Balaban J connectivity index is 1.90. The third kappa shape index (κ3) is 4.05. The summed E-state index contributed by atoms with van der Waals surface area (Å²) in [6.07, 6.45) is 2.53. The van der Waals surface area contributed by atoms with Crippen LogP contribution in [0.15, 0.2) is 24.3 Å². The highest BCUT2D eigenvalue weighted by molar-refractivity contribution is 5.97. The van der Waals surface area contributed by atoms with Crippen molar-refractivity contribution in [1.29, 1.82) is 0 Å². The first-order valence-electron chi connectivity index (χ1n) is 7.24. The average molecular weight is 277 g/mol. The molecule has 1 fully saturated rings. The van der Waals surface area contributed by atoms with Crippen molar-refractivity contribution in [2.45, 2.75) is 25.9 Å². The van der Waals surface area contributed by atoms with E-state index in [1.165, 1.54) is 0 Å². The molecule has 1 saturated heterocycles. The van der Waals surface area contributed by atoms with Crippen LogP contribution < -0.4 is 4.74 Å². The lowest BCUT2D eigenvalue weighted by Gasteiger charge is -2.22. The Labute approximate surface area is 120 Å². The summed E-state index contributed by atoms with van der Waals surface area (Å²) in [7, 11) is 1.62. The topological polar surface area (TPSA) is 38.8 Å². The van der Waals surface area contributed by atoms with Gasteiger partial charge in [0.25, 0.3) is 0 Å². The second kappa shape index (κ2) is 7.41. The van der Waals surface area contributed by atoms with E-state index in [-0.39, 0.29) is 5.78 Å². The first kappa shape index (κ1) is 15.0. The number of ketones is 1. The van der Waals surface area contributed by atoms with E-state index in [0.29, 0.717) is 12.6 Å². The SMILES string of the molecule is CCN(CC(=O)c1ccc(OC)cc1)CC1CCCO1. The van der Waals surface area contributed by atoms with Crippen LogP contribution in [0.3, 0.4) is 0 Å². The molecule has 110 valence electrons. The van der Waals surface area contributed by atoms with E-state index in [0.717, 1.165) is 43.9 Å². The molecule has 4 heteroatoms. The van der Waals surface area contributed by atoms with Gasteiger partial charge in [-0.15, -0.1) is 0 Å². The second-order valence-corrected chi connectivity index (χ2v) is 5.11. The fourth-order valence-corrected chi connectivity index (χ4v) is 2.45. The van der Waals surface area contributed by atoms with Crippen LogP contribution in [0.2, 0.25) is 0 Å².